The van der Waals surface area contributed by atoms with Gasteiger partial charge in [-0.1, -0.05) is 17.7 Å². The molecular weight excluding hydrogens is 416 g/mol. The Morgan fingerprint density at radius 2 is 1.76 bits per heavy atom. The van der Waals surface area contributed by atoms with E-state index in [-0.39, 0.29) is 18.1 Å². The van der Waals surface area contributed by atoms with Crippen LogP contribution in [0.1, 0.15) is 6.92 Å². The second-order valence-corrected chi connectivity index (χ2v) is 8.81. The molecule has 2 aromatic carbocycles. The summed E-state index contributed by atoms with van der Waals surface area (Å²) in [6.45, 7) is 3.72. The number of carbonyl (C=O) groups is 1. The Bertz CT molecular complexity index is 942. The molecule has 2 aromatic rings. The molecule has 9 heteroatoms. The summed E-state index contributed by atoms with van der Waals surface area (Å²) in [5.41, 5.74) is 0.984. The van der Waals surface area contributed by atoms with Crippen molar-refractivity contribution < 1.29 is 22.7 Å². The maximum atomic E-state index is 12.9. The van der Waals surface area contributed by atoms with Gasteiger partial charge in [-0.25, -0.2) is 13.2 Å². The Morgan fingerprint density at radius 1 is 1.07 bits per heavy atom. The minimum atomic E-state index is -3.60. The van der Waals surface area contributed by atoms with Gasteiger partial charge in [-0.2, -0.15) is 4.31 Å². The van der Waals surface area contributed by atoms with E-state index in [2.05, 4.69) is 4.90 Å². The zero-order chi connectivity index (χ0) is 20.9. The van der Waals surface area contributed by atoms with Gasteiger partial charge in [0.05, 0.1) is 11.5 Å². The van der Waals surface area contributed by atoms with Crippen LogP contribution >= 0.6 is 11.6 Å². The highest BCUT2D eigenvalue weighted by Crippen LogP contribution is 2.24. The van der Waals surface area contributed by atoms with E-state index in [1.165, 1.54) is 28.6 Å². The third-order valence-corrected chi connectivity index (χ3v) is 6.68. The predicted octanol–water partition coefficient (Wildman–Crippen LogP) is 2.79. The number of carbonyl (C=O) groups excluding carboxylic acids is 1. The summed E-state index contributed by atoms with van der Waals surface area (Å²) < 4.78 is 37.4. The third kappa shape index (κ3) is 5.41. The van der Waals surface area contributed by atoms with Gasteiger partial charge in [-0.3, -0.25) is 0 Å². The van der Waals surface area contributed by atoms with Crippen LogP contribution in [-0.2, 0) is 19.6 Å². The van der Waals surface area contributed by atoms with Crippen molar-refractivity contribution in [1.82, 2.24) is 4.31 Å². The fourth-order valence-corrected chi connectivity index (χ4v) is 4.67. The molecule has 29 heavy (non-hydrogen) atoms. The molecular formula is C20H23ClN2O5S. The quantitative estimate of drug-likeness (QED) is 0.619. The minimum Gasteiger partial charge on any atom is -0.482 e. The molecule has 0 radical (unpaired) electrons. The first kappa shape index (κ1) is 21.4. The van der Waals surface area contributed by atoms with Crippen molar-refractivity contribution in [1.29, 1.82) is 0 Å². The normalized spacial score (nSPS) is 15.2. The number of benzene rings is 2. The van der Waals surface area contributed by atoms with Crippen LogP contribution < -0.4 is 9.64 Å². The van der Waals surface area contributed by atoms with E-state index in [9.17, 15) is 13.2 Å². The highest BCUT2D eigenvalue weighted by Gasteiger charge is 2.28. The summed E-state index contributed by atoms with van der Waals surface area (Å²) in [5, 5.41) is 0.655. The van der Waals surface area contributed by atoms with Gasteiger partial charge < -0.3 is 14.4 Å². The number of hydrogen-bond acceptors (Lipinski definition) is 6. The third-order valence-electron chi connectivity index (χ3n) is 4.54. The lowest BCUT2D eigenvalue weighted by atomic mass is 10.2. The molecule has 0 spiro atoms. The first-order valence-electron chi connectivity index (χ1n) is 9.29. The van der Waals surface area contributed by atoms with Crippen LogP contribution in [0.4, 0.5) is 5.69 Å². The number of halogens is 1. The van der Waals surface area contributed by atoms with E-state index in [1.807, 2.05) is 24.3 Å². The van der Waals surface area contributed by atoms with E-state index in [4.69, 9.17) is 21.1 Å². The van der Waals surface area contributed by atoms with Gasteiger partial charge in [0.15, 0.2) is 6.61 Å². The smallest absolute Gasteiger partial charge is 0.344 e. The van der Waals surface area contributed by atoms with Crippen LogP contribution in [0.2, 0.25) is 5.02 Å². The number of ether oxygens (including phenoxy) is 2. The van der Waals surface area contributed by atoms with Crippen LogP contribution in [0.15, 0.2) is 53.4 Å². The Hall–Kier alpha value is -2.29. The second-order valence-electron chi connectivity index (χ2n) is 6.44. The summed E-state index contributed by atoms with van der Waals surface area (Å²) in [6.07, 6.45) is 0. The zero-order valence-electron chi connectivity index (χ0n) is 16.1. The first-order chi connectivity index (χ1) is 13.9. The van der Waals surface area contributed by atoms with E-state index < -0.39 is 16.0 Å². The molecule has 0 aromatic heterocycles. The monoisotopic (exact) mass is 438 g/mol. The summed E-state index contributed by atoms with van der Waals surface area (Å²) in [4.78, 5) is 13.6. The maximum absolute atomic E-state index is 12.9. The number of anilines is 1. The van der Waals surface area contributed by atoms with Crippen molar-refractivity contribution in [2.45, 2.75) is 11.8 Å². The van der Waals surface area contributed by atoms with E-state index >= 15 is 0 Å². The number of esters is 1. The molecule has 0 bridgehead atoms. The van der Waals surface area contributed by atoms with Crippen molar-refractivity contribution in [2.75, 3.05) is 44.3 Å². The van der Waals surface area contributed by atoms with E-state index in [1.54, 1.807) is 6.92 Å². The molecule has 0 aliphatic carbocycles. The topological polar surface area (TPSA) is 76.1 Å². The minimum absolute atomic E-state index is 0.192. The molecule has 0 N–H and O–H groups in total. The van der Waals surface area contributed by atoms with Crippen molar-refractivity contribution in [3.05, 3.63) is 53.6 Å². The van der Waals surface area contributed by atoms with Crippen LogP contribution in [0.5, 0.6) is 5.75 Å². The highest BCUT2D eigenvalue weighted by atomic mass is 35.5. The molecule has 1 aliphatic rings. The average Bonchev–Trinajstić information content (AvgIpc) is 2.73. The summed E-state index contributed by atoms with van der Waals surface area (Å²) >= 11 is 6.04. The lowest BCUT2D eigenvalue weighted by Gasteiger charge is -2.35. The van der Waals surface area contributed by atoms with Gasteiger partial charge in [0.2, 0.25) is 10.0 Å². The molecule has 0 unspecified atom stereocenters. The lowest BCUT2D eigenvalue weighted by Crippen LogP contribution is -2.48. The highest BCUT2D eigenvalue weighted by molar-refractivity contribution is 7.89. The number of rotatable bonds is 7. The van der Waals surface area contributed by atoms with Crippen molar-refractivity contribution in [3.8, 4) is 5.75 Å². The molecule has 1 saturated heterocycles. The van der Waals surface area contributed by atoms with E-state index in [0.717, 1.165) is 5.69 Å². The Kier molecular flexibility index (Phi) is 7.00. The van der Waals surface area contributed by atoms with Crippen molar-refractivity contribution in [3.63, 3.8) is 0 Å². The van der Waals surface area contributed by atoms with Crippen LogP contribution in [0, 0.1) is 0 Å². The number of piperazine rings is 1. The predicted molar refractivity (Wildman–Crippen MR) is 111 cm³/mol. The Balaban J connectivity index is 1.60. The van der Waals surface area contributed by atoms with Crippen molar-refractivity contribution >= 4 is 33.3 Å². The van der Waals surface area contributed by atoms with E-state index in [0.29, 0.717) is 37.0 Å². The van der Waals surface area contributed by atoms with Crippen LogP contribution in [0.3, 0.4) is 0 Å². The SMILES string of the molecule is CCOC(=O)COc1ccc(S(=O)(=O)N2CCN(c3cccc(Cl)c3)CC2)cc1. The lowest BCUT2D eigenvalue weighted by molar-refractivity contribution is -0.145. The maximum Gasteiger partial charge on any atom is 0.344 e. The molecule has 1 heterocycles. The average molecular weight is 439 g/mol. The molecule has 3 rings (SSSR count). The van der Waals surface area contributed by atoms with Gasteiger partial charge in [-0.15, -0.1) is 0 Å². The van der Waals surface area contributed by atoms with Gasteiger partial charge >= 0.3 is 5.97 Å². The molecule has 1 aliphatic heterocycles. The van der Waals surface area contributed by atoms with Crippen LogP contribution in [-0.4, -0.2) is 58.1 Å². The number of sulfonamides is 1. The van der Waals surface area contributed by atoms with Crippen LogP contribution in [0.25, 0.3) is 0 Å². The largest absolute Gasteiger partial charge is 0.482 e. The van der Waals surface area contributed by atoms with Gasteiger partial charge in [-0.05, 0) is 49.4 Å². The first-order valence-corrected chi connectivity index (χ1v) is 11.1. The standard InChI is InChI=1S/C20H23ClN2O5S/c1-2-27-20(24)15-28-18-6-8-19(9-7-18)29(25,26)23-12-10-22(11-13-23)17-5-3-4-16(21)14-17/h3-9,14H,2,10-13,15H2,1H3. The molecule has 7 nitrogen and oxygen atoms in total. The number of hydrogen-bond donors (Lipinski definition) is 0. The summed E-state index contributed by atoms with van der Waals surface area (Å²) in [5.74, 6) is -0.0652. The van der Waals surface area contributed by atoms with Gasteiger partial charge in [0, 0.05) is 36.9 Å². The summed E-state index contributed by atoms with van der Waals surface area (Å²) in [6, 6.07) is 13.6. The fourth-order valence-electron chi connectivity index (χ4n) is 3.06. The molecule has 156 valence electrons. The Morgan fingerprint density at radius 3 is 2.38 bits per heavy atom. The number of nitrogens with zero attached hydrogens (tertiary/aromatic N) is 2. The zero-order valence-corrected chi connectivity index (χ0v) is 17.7. The van der Waals surface area contributed by atoms with Crippen molar-refractivity contribution in [2.24, 2.45) is 0 Å². The molecule has 0 atom stereocenters. The van der Waals surface area contributed by atoms with Gasteiger partial charge in [0.1, 0.15) is 5.75 Å². The molecule has 0 amide bonds. The second kappa shape index (κ2) is 9.47. The molecule has 0 saturated carbocycles. The summed E-state index contributed by atoms with van der Waals surface area (Å²) in [7, 11) is -3.60. The Labute approximate surface area is 175 Å². The van der Waals surface area contributed by atoms with Gasteiger partial charge in [0.25, 0.3) is 0 Å². The molecule has 1 fully saturated rings. The fraction of sp³-hybridized carbons (Fsp3) is 0.350.